The zero-order valence-electron chi connectivity index (χ0n) is 16.6. The van der Waals surface area contributed by atoms with Gasteiger partial charge in [0.2, 0.25) is 0 Å². The Bertz CT molecular complexity index is 654. The van der Waals surface area contributed by atoms with Gasteiger partial charge in [0.25, 0.3) is 11.8 Å². The number of ether oxygens (including phenoxy) is 1. The number of hydrogen-bond donors (Lipinski definition) is 1. The van der Waals surface area contributed by atoms with E-state index in [2.05, 4.69) is 0 Å². The third kappa shape index (κ3) is 5.25. The first-order valence-corrected chi connectivity index (χ1v) is 10.6. The van der Waals surface area contributed by atoms with Crippen LogP contribution in [0.25, 0.3) is 0 Å². The van der Waals surface area contributed by atoms with Gasteiger partial charge in [0, 0.05) is 32.3 Å². The van der Waals surface area contributed by atoms with Crippen molar-refractivity contribution < 1.29 is 19.4 Å². The van der Waals surface area contributed by atoms with Crippen molar-refractivity contribution >= 4 is 11.8 Å². The summed E-state index contributed by atoms with van der Waals surface area (Å²) in [6.07, 6.45) is 8.01. The highest BCUT2D eigenvalue weighted by molar-refractivity contribution is 5.97. The van der Waals surface area contributed by atoms with Crippen molar-refractivity contribution in [3.8, 4) is 5.75 Å². The van der Waals surface area contributed by atoms with E-state index in [1.54, 1.807) is 12.1 Å². The normalized spacial score (nSPS) is 20.5. The number of hydrogen-bond acceptors (Lipinski definition) is 4. The van der Waals surface area contributed by atoms with Crippen LogP contribution in [0.2, 0.25) is 0 Å². The first-order chi connectivity index (χ1) is 13.7. The highest BCUT2D eigenvalue weighted by Crippen LogP contribution is 2.26. The molecule has 6 heteroatoms. The van der Waals surface area contributed by atoms with Crippen LogP contribution in [0, 0.1) is 0 Å². The second-order valence-electron chi connectivity index (χ2n) is 7.74. The largest absolute Gasteiger partial charge is 0.483 e. The van der Waals surface area contributed by atoms with Crippen molar-refractivity contribution in [1.82, 2.24) is 9.80 Å². The SMILES string of the molecule is O=C(COc1ccccc1C(=O)N1CCCCC1CCO)N1CCCCCC1. The molecule has 2 aliphatic rings. The summed E-state index contributed by atoms with van der Waals surface area (Å²) < 4.78 is 5.81. The molecule has 6 nitrogen and oxygen atoms in total. The molecule has 2 saturated heterocycles. The van der Waals surface area contributed by atoms with Gasteiger partial charge in [-0.3, -0.25) is 9.59 Å². The molecule has 0 spiro atoms. The maximum atomic E-state index is 13.2. The van der Waals surface area contributed by atoms with Crippen molar-refractivity contribution in [3.05, 3.63) is 29.8 Å². The summed E-state index contributed by atoms with van der Waals surface area (Å²) in [6.45, 7) is 2.32. The second kappa shape index (κ2) is 10.5. The lowest BCUT2D eigenvalue weighted by Gasteiger charge is -2.36. The first-order valence-electron chi connectivity index (χ1n) is 10.6. The van der Waals surface area contributed by atoms with E-state index in [-0.39, 0.29) is 31.1 Å². The molecule has 3 rings (SSSR count). The number of likely N-dealkylation sites (tertiary alicyclic amines) is 2. The molecule has 0 bridgehead atoms. The summed E-state index contributed by atoms with van der Waals surface area (Å²) in [5.74, 6) is 0.375. The fourth-order valence-corrected chi connectivity index (χ4v) is 4.19. The summed E-state index contributed by atoms with van der Waals surface area (Å²) in [5, 5.41) is 9.33. The van der Waals surface area contributed by atoms with Crippen molar-refractivity contribution in [2.45, 2.75) is 57.4 Å². The van der Waals surface area contributed by atoms with Gasteiger partial charge in [0.15, 0.2) is 6.61 Å². The summed E-state index contributed by atoms with van der Waals surface area (Å²) in [5.41, 5.74) is 0.496. The molecular weight excluding hydrogens is 356 g/mol. The molecule has 1 atom stereocenters. The molecule has 2 aliphatic heterocycles. The Morgan fingerprint density at radius 2 is 1.71 bits per heavy atom. The predicted octanol–water partition coefficient (Wildman–Crippen LogP) is 2.85. The van der Waals surface area contributed by atoms with Gasteiger partial charge in [-0.15, -0.1) is 0 Å². The maximum absolute atomic E-state index is 13.2. The van der Waals surface area contributed by atoms with Gasteiger partial charge in [-0.25, -0.2) is 0 Å². The van der Waals surface area contributed by atoms with Crippen LogP contribution >= 0.6 is 0 Å². The van der Waals surface area contributed by atoms with Crippen molar-refractivity contribution in [2.24, 2.45) is 0 Å². The predicted molar refractivity (Wildman–Crippen MR) is 107 cm³/mol. The van der Waals surface area contributed by atoms with Crippen LogP contribution in [0.3, 0.4) is 0 Å². The molecule has 0 aliphatic carbocycles. The van der Waals surface area contributed by atoms with Crippen molar-refractivity contribution in [1.29, 1.82) is 0 Å². The van der Waals surface area contributed by atoms with Crippen molar-refractivity contribution in [3.63, 3.8) is 0 Å². The van der Waals surface area contributed by atoms with E-state index in [0.717, 1.165) is 45.2 Å². The van der Waals surface area contributed by atoms with Crippen LogP contribution in [0.15, 0.2) is 24.3 Å². The van der Waals surface area contributed by atoms with Gasteiger partial charge in [-0.1, -0.05) is 25.0 Å². The monoisotopic (exact) mass is 388 g/mol. The van der Waals surface area contributed by atoms with E-state index < -0.39 is 0 Å². The number of aliphatic hydroxyl groups excluding tert-OH is 1. The van der Waals surface area contributed by atoms with Gasteiger partial charge in [-0.2, -0.15) is 0 Å². The van der Waals surface area contributed by atoms with Gasteiger partial charge in [0.1, 0.15) is 5.75 Å². The Morgan fingerprint density at radius 1 is 1.00 bits per heavy atom. The molecular formula is C22H32N2O4. The Morgan fingerprint density at radius 3 is 2.46 bits per heavy atom. The quantitative estimate of drug-likeness (QED) is 0.814. The van der Waals surface area contributed by atoms with E-state index in [1.807, 2.05) is 21.9 Å². The molecule has 0 radical (unpaired) electrons. The number of aliphatic hydroxyl groups is 1. The second-order valence-corrected chi connectivity index (χ2v) is 7.74. The summed E-state index contributed by atoms with van der Waals surface area (Å²) >= 11 is 0. The molecule has 1 N–H and O–H groups in total. The third-order valence-electron chi connectivity index (χ3n) is 5.78. The van der Waals surface area contributed by atoms with E-state index in [1.165, 1.54) is 12.8 Å². The number of benzene rings is 1. The summed E-state index contributed by atoms with van der Waals surface area (Å²) in [4.78, 5) is 29.4. The highest BCUT2D eigenvalue weighted by Gasteiger charge is 2.29. The molecule has 1 unspecified atom stereocenters. The third-order valence-corrected chi connectivity index (χ3v) is 5.78. The minimum absolute atomic E-state index is 0.0136. The zero-order valence-corrected chi connectivity index (χ0v) is 16.6. The fourth-order valence-electron chi connectivity index (χ4n) is 4.19. The topological polar surface area (TPSA) is 70.1 Å². The first kappa shape index (κ1) is 20.6. The van der Waals surface area contributed by atoms with Gasteiger partial charge in [0.05, 0.1) is 5.56 Å². The van der Waals surface area contributed by atoms with Crippen LogP contribution < -0.4 is 4.74 Å². The summed E-state index contributed by atoms with van der Waals surface area (Å²) in [7, 11) is 0. The number of carbonyl (C=O) groups excluding carboxylic acids is 2. The average Bonchev–Trinajstić information content (AvgIpc) is 3.02. The minimum atomic E-state index is -0.0732. The van der Waals surface area contributed by atoms with Crippen LogP contribution in [0.5, 0.6) is 5.75 Å². The Labute approximate surface area is 167 Å². The Kier molecular flexibility index (Phi) is 7.71. The number of carbonyl (C=O) groups is 2. The van der Waals surface area contributed by atoms with E-state index >= 15 is 0 Å². The zero-order chi connectivity index (χ0) is 19.8. The van der Waals surface area contributed by atoms with Crippen LogP contribution in [-0.4, -0.2) is 65.6 Å². The molecule has 2 amide bonds. The number of piperidine rings is 1. The molecule has 1 aromatic rings. The van der Waals surface area contributed by atoms with Gasteiger partial charge < -0.3 is 19.6 Å². The van der Waals surface area contributed by atoms with Crippen molar-refractivity contribution in [2.75, 3.05) is 32.8 Å². The lowest BCUT2D eigenvalue weighted by atomic mass is 9.98. The lowest BCUT2D eigenvalue weighted by Crippen LogP contribution is -2.44. The molecule has 1 aromatic carbocycles. The average molecular weight is 389 g/mol. The molecule has 0 saturated carbocycles. The molecule has 2 heterocycles. The Balaban J connectivity index is 1.66. The van der Waals surface area contributed by atoms with E-state index in [0.29, 0.717) is 24.3 Å². The molecule has 28 heavy (non-hydrogen) atoms. The minimum Gasteiger partial charge on any atom is -0.483 e. The fraction of sp³-hybridized carbons (Fsp3) is 0.636. The van der Waals surface area contributed by atoms with E-state index in [4.69, 9.17) is 4.74 Å². The van der Waals surface area contributed by atoms with E-state index in [9.17, 15) is 14.7 Å². The number of rotatable bonds is 6. The molecule has 154 valence electrons. The van der Waals surface area contributed by atoms with Gasteiger partial charge >= 0.3 is 0 Å². The van der Waals surface area contributed by atoms with Crippen LogP contribution in [0.4, 0.5) is 0 Å². The standard InChI is InChI=1S/C22H32N2O4/c25-16-12-18-9-5-8-15-24(18)22(27)19-10-3-4-11-20(19)28-17-21(26)23-13-6-1-2-7-14-23/h3-4,10-11,18,25H,1-2,5-9,12-17H2. The maximum Gasteiger partial charge on any atom is 0.260 e. The lowest BCUT2D eigenvalue weighted by molar-refractivity contribution is -0.133. The van der Waals surface area contributed by atoms with Crippen LogP contribution in [-0.2, 0) is 4.79 Å². The summed E-state index contributed by atoms with van der Waals surface area (Å²) in [6, 6.07) is 7.23. The molecule has 2 fully saturated rings. The highest BCUT2D eigenvalue weighted by atomic mass is 16.5. The van der Waals surface area contributed by atoms with Gasteiger partial charge in [-0.05, 0) is 50.7 Å². The number of nitrogens with zero attached hydrogens (tertiary/aromatic N) is 2. The number of amides is 2. The van der Waals surface area contributed by atoms with Crippen LogP contribution in [0.1, 0.15) is 61.7 Å². The molecule has 0 aromatic heterocycles. The number of para-hydroxylation sites is 1. The Hall–Kier alpha value is -2.08. The smallest absolute Gasteiger partial charge is 0.260 e.